The summed E-state index contributed by atoms with van der Waals surface area (Å²) in [5.41, 5.74) is 1.16. The van der Waals surface area contributed by atoms with Crippen molar-refractivity contribution < 1.29 is 4.79 Å². The smallest absolute Gasteiger partial charge is 0.273 e. The number of carbonyl (C=O) groups excluding carboxylic acids is 1. The molecular formula is C19H18ClN5O. The van der Waals surface area contributed by atoms with Crippen LogP contribution in [0.1, 0.15) is 29.9 Å². The Bertz CT molecular complexity index is 1020. The molecule has 4 rings (SSSR count). The number of fused-ring (bicyclic) bond motifs is 2. The van der Waals surface area contributed by atoms with Crippen LogP contribution in [-0.4, -0.2) is 38.8 Å². The minimum Gasteiger partial charge on any atom is -0.330 e. The molecule has 1 aromatic carbocycles. The molecule has 132 valence electrons. The van der Waals surface area contributed by atoms with Gasteiger partial charge in [0.15, 0.2) is 0 Å². The van der Waals surface area contributed by atoms with Gasteiger partial charge in [0, 0.05) is 30.2 Å². The lowest BCUT2D eigenvalue weighted by Crippen LogP contribution is -2.31. The molecule has 0 atom stereocenters. The Balaban J connectivity index is 1.80. The zero-order chi connectivity index (χ0) is 18.4. The van der Waals surface area contributed by atoms with Gasteiger partial charge in [-0.25, -0.2) is 9.97 Å². The molecule has 0 bridgehead atoms. The molecule has 0 saturated carbocycles. The second-order valence-corrected chi connectivity index (χ2v) is 6.96. The second kappa shape index (κ2) is 6.21. The molecule has 1 amide bonds. The summed E-state index contributed by atoms with van der Waals surface area (Å²) in [5, 5.41) is 2.21. The number of aromatic nitrogens is 3. The molecule has 1 aliphatic heterocycles. The Labute approximate surface area is 156 Å². The molecule has 0 unspecified atom stereocenters. The third-order valence-corrected chi connectivity index (χ3v) is 4.82. The molecule has 0 N–H and O–H groups in total. The second-order valence-electron chi connectivity index (χ2n) is 6.62. The van der Waals surface area contributed by atoms with Gasteiger partial charge in [-0.2, -0.15) is 4.98 Å². The number of amides is 1. The third kappa shape index (κ3) is 2.66. The Morgan fingerprint density at radius 1 is 1.19 bits per heavy atom. The van der Waals surface area contributed by atoms with Crippen LogP contribution >= 0.6 is 11.6 Å². The highest BCUT2D eigenvalue weighted by Crippen LogP contribution is 2.34. The number of anilines is 2. The molecule has 3 heterocycles. The number of rotatable bonds is 3. The Morgan fingerprint density at radius 2 is 1.92 bits per heavy atom. The number of pyridine rings is 1. The van der Waals surface area contributed by atoms with Crippen molar-refractivity contribution in [3.8, 4) is 0 Å². The van der Waals surface area contributed by atoms with Crippen LogP contribution in [0.5, 0.6) is 0 Å². The highest BCUT2D eigenvalue weighted by atomic mass is 35.5. The number of nitrogens with zero attached hydrogens (tertiary/aromatic N) is 5. The Morgan fingerprint density at radius 3 is 2.65 bits per heavy atom. The third-order valence-electron chi connectivity index (χ3n) is 4.65. The van der Waals surface area contributed by atoms with Crippen LogP contribution in [0.3, 0.4) is 0 Å². The van der Waals surface area contributed by atoms with E-state index >= 15 is 0 Å². The first-order chi connectivity index (χ1) is 12.5. The van der Waals surface area contributed by atoms with E-state index < -0.39 is 0 Å². The quantitative estimate of drug-likeness (QED) is 0.659. The van der Waals surface area contributed by atoms with Crippen LogP contribution < -0.4 is 4.90 Å². The van der Waals surface area contributed by atoms with Crippen LogP contribution in [0.15, 0.2) is 36.5 Å². The van der Waals surface area contributed by atoms with Gasteiger partial charge in [-0.3, -0.25) is 4.79 Å². The van der Waals surface area contributed by atoms with Gasteiger partial charge in [-0.05, 0) is 36.9 Å². The van der Waals surface area contributed by atoms with Crippen molar-refractivity contribution in [2.75, 3.05) is 11.9 Å². The monoisotopic (exact) mass is 367 g/mol. The summed E-state index contributed by atoms with van der Waals surface area (Å²) in [6, 6.07) is 10.1. The summed E-state index contributed by atoms with van der Waals surface area (Å²) in [5.74, 6) is 1.23. The van der Waals surface area contributed by atoms with Crippen molar-refractivity contribution in [3.63, 3.8) is 0 Å². The summed E-state index contributed by atoms with van der Waals surface area (Å²) in [7, 11) is 1.87. The van der Waals surface area contributed by atoms with Crippen molar-refractivity contribution in [2.24, 2.45) is 0 Å². The van der Waals surface area contributed by atoms with Gasteiger partial charge in [0.05, 0.1) is 6.54 Å². The zero-order valence-corrected chi connectivity index (χ0v) is 15.5. The van der Waals surface area contributed by atoms with E-state index in [1.54, 1.807) is 4.90 Å². The topological polar surface area (TPSA) is 62.2 Å². The first-order valence-corrected chi connectivity index (χ1v) is 8.79. The maximum Gasteiger partial charge on any atom is 0.273 e. The summed E-state index contributed by atoms with van der Waals surface area (Å²) < 4.78 is 0. The number of hydrogen-bond acceptors (Lipinski definition) is 5. The fourth-order valence-corrected chi connectivity index (χ4v) is 3.37. The summed E-state index contributed by atoms with van der Waals surface area (Å²) in [6.45, 7) is 4.43. The van der Waals surface area contributed by atoms with Gasteiger partial charge < -0.3 is 9.80 Å². The van der Waals surface area contributed by atoms with E-state index in [0.717, 1.165) is 22.2 Å². The normalized spacial score (nSPS) is 13.6. The molecule has 26 heavy (non-hydrogen) atoms. The minimum atomic E-state index is -0.111. The van der Waals surface area contributed by atoms with Crippen molar-refractivity contribution in [3.05, 3.63) is 53.1 Å². The summed E-state index contributed by atoms with van der Waals surface area (Å²) in [4.78, 5) is 29.3. The van der Waals surface area contributed by atoms with Crippen molar-refractivity contribution in [1.29, 1.82) is 0 Å². The van der Waals surface area contributed by atoms with Crippen molar-refractivity contribution >= 4 is 39.9 Å². The highest BCUT2D eigenvalue weighted by Gasteiger charge is 2.35. The van der Waals surface area contributed by atoms with E-state index in [1.165, 1.54) is 0 Å². The summed E-state index contributed by atoms with van der Waals surface area (Å²) in [6.07, 6.45) is 1.83. The first-order valence-electron chi connectivity index (χ1n) is 8.41. The molecule has 2 aromatic heterocycles. The Kier molecular flexibility index (Phi) is 4.00. The fourth-order valence-electron chi connectivity index (χ4n) is 3.20. The number of benzene rings is 1. The van der Waals surface area contributed by atoms with E-state index in [1.807, 2.05) is 62.3 Å². The van der Waals surface area contributed by atoms with Gasteiger partial charge in [0.2, 0.25) is 5.28 Å². The number of carbonyl (C=O) groups is 1. The lowest BCUT2D eigenvalue weighted by molar-refractivity contribution is 0.0726. The standard InChI is InChI=1S/C19H18ClN5O/c1-11(2)25-10-14-16(18(25)26)22-19(20)23-17(14)24(3)15-8-12-6-4-5-7-13(12)9-21-15/h4-9,11H,10H2,1-3H3. The van der Waals surface area contributed by atoms with Crippen molar-refractivity contribution in [2.45, 2.75) is 26.4 Å². The van der Waals surface area contributed by atoms with E-state index in [4.69, 9.17) is 11.6 Å². The first kappa shape index (κ1) is 16.7. The van der Waals surface area contributed by atoms with E-state index in [-0.39, 0.29) is 17.2 Å². The Hall–Kier alpha value is -2.73. The fraction of sp³-hybridized carbons (Fsp3) is 0.263. The predicted molar refractivity (Wildman–Crippen MR) is 102 cm³/mol. The molecule has 0 spiro atoms. The minimum absolute atomic E-state index is 0.0605. The molecular weight excluding hydrogens is 350 g/mol. The lowest BCUT2D eigenvalue weighted by Gasteiger charge is -2.21. The van der Waals surface area contributed by atoms with Gasteiger partial charge in [-0.1, -0.05) is 24.3 Å². The van der Waals surface area contributed by atoms with Crippen LogP contribution in [0.2, 0.25) is 5.28 Å². The maximum absolute atomic E-state index is 12.6. The molecule has 6 nitrogen and oxygen atoms in total. The molecule has 0 fully saturated rings. The molecule has 7 heteroatoms. The van der Waals surface area contributed by atoms with E-state index in [2.05, 4.69) is 15.0 Å². The highest BCUT2D eigenvalue weighted by molar-refractivity contribution is 6.28. The maximum atomic E-state index is 12.6. The SMILES string of the molecule is CC(C)N1Cc2c(nc(Cl)nc2N(C)c2cc3ccccc3cn2)C1=O. The molecule has 0 aliphatic carbocycles. The number of hydrogen-bond donors (Lipinski definition) is 0. The van der Waals surface area contributed by atoms with Gasteiger partial charge in [0.1, 0.15) is 17.3 Å². The van der Waals surface area contributed by atoms with E-state index in [0.29, 0.717) is 18.1 Å². The van der Waals surface area contributed by atoms with Crippen LogP contribution in [-0.2, 0) is 6.54 Å². The molecule has 3 aromatic rings. The molecule has 0 radical (unpaired) electrons. The van der Waals surface area contributed by atoms with Crippen LogP contribution in [0.4, 0.5) is 11.6 Å². The van der Waals surface area contributed by atoms with Crippen LogP contribution in [0, 0.1) is 0 Å². The average molecular weight is 368 g/mol. The van der Waals surface area contributed by atoms with Gasteiger partial charge in [-0.15, -0.1) is 0 Å². The number of halogens is 1. The van der Waals surface area contributed by atoms with Crippen molar-refractivity contribution in [1.82, 2.24) is 19.9 Å². The lowest BCUT2D eigenvalue weighted by atomic mass is 10.1. The largest absolute Gasteiger partial charge is 0.330 e. The van der Waals surface area contributed by atoms with E-state index in [9.17, 15) is 4.79 Å². The molecule has 1 aliphatic rings. The van der Waals surface area contributed by atoms with Gasteiger partial charge >= 0.3 is 0 Å². The zero-order valence-electron chi connectivity index (χ0n) is 14.8. The average Bonchev–Trinajstić information content (AvgIpc) is 2.97. The molecule has 0 saturated heterocycles. The van der Waals surface area contributed by atoms with Gasteiger partial charge in [0.25, 0.3) is 5.91 Å². The predicted octanol–water partition coefficient (Wildman–Crippen LogP) is 3.81. The summed E-state index contributed by atoms with van der Waals surface area (Å²) >= 11 is 6.11. The van der Waals surface area contributed by atoms with Crippen LogP contribution in [0.25, 0.3) is 10.8 Å².